The van der Waals surface area contributed by atoms with Gasteiger partial charge in [0.1, 0.15) is 6.29 Å². The van der Waals surface area contributed by atoms with Crippen LogP contribution in [0.2, 0.25) is 0 Å². The molecule has 0 unspecified atom stereocenters. The fraction of sp³-hybridized carbons (Fsp3) is 0.615. The van der Waals surface area contributed by atoms with E-state index in [1.165, 1.54) is 43.9 Å². The molecule has 0 heterocycles. The lowest BCUT2D eigenvalue weighted by Gasteiger charge is -1.98. The summed E-state index contributed by atoms with van der Waals surface area (Å²) in [6.45, 7) is 2.18. The van der Waals surface area contributed by atoms with Crippen LogP contribution in [0.15, 0.2) is 24.1 Å². The highest BCUT2D eigenvalue weighted by Crippen LogP contribution is 2.12. The summed E-state index contributed by atoms with van der Waals surface area (Å²) in [4.78, 5) is 9.91. The summed E-state index contributed by atoms with van der Waals surface area (Å²) < 4.78 is 13.0. The van der Waals surface area contributed by atoms with Crippen LogP contribution < -0.4 is 0 Å². The maximum absolute atomic E-state index is 13.0. The Morgan fingerprint density at radius 3 is 2.40 bits per heavy atom. The monoisotopic (exact) mass is 212 g/mol. The van der Waals surface area contributed by atoms with Gasteiger partial charge in [-0.25, -0.2) is 4.39 Å². The molecule has 0 aromatic heterocycles. The number of unbranched alkanes of at least 4 members (excludes halogenated alkanes) is 5. The molecule has 0 fully saturated rings. The van der Waals surface area contributed by atoms with Crippen LogP contribution in [0.25, 0.3) is 0 Å². The Balaban J connectivity index is 3.38. The number of carbonyl (C=O) groups excluding carboxylic acids is 1. The zero-order valence-electron chi connectivity index (χ0n) is 9.55. The third-order valence-corrected chi connectivity index (χ3v) is 2.24. The van der Waals surface area contributed by atoms with Crippen molar-refractivity contribution in [2.75, 3.05) is 0 Å². The van der Waals surface area contributed by atoms with E-state index in [9.17, 15) is 9.18 Å². The summed E-state index contributed by atoms with van der Waals surface area (Å²) >= 11 is 0. The van der Waals surface area contributed by atoms with Crippen molar-refractivity contribution in [2.45, 2.75) is 51.9 Å². The summed E-state index contributed by atoms with van der Waals surface area (Å²) in [5, 5.41) is 0. The first-order valence-electron chi connectivity index (χ1n) is 5.77. The van der Waals surface area contributed by atoms with Gasteiger partial charge in [-0.2, -0.15) is 0 Å². The predicted octanol–water partition coefficient (Wildman–Crippen LogP) is 4.35. The van der Waals surface area contributed by atoms with Gasteiger partial charge in [-0.05, 0) is 25.0 Å². The molecule has 0 saturated carbocycles. The standard InChI is InChI=1S/C13H21FO/c1-2-3-4-5-6-7-10-13(14)11-8-9-12-15/h8-9,11-12H,2-7,10H2,1H3/b9-8+,13-11+. The zero-order valence-corrected chi connectivity index (χ0v) is 9.55. The van der Waals surface area contributed by atoms with Gasteiger partial charge < -0.3 is 0 Å². The Labute approximate surface area is 92.1 Å². The molecule has 0 radical (unpaired) electrons. The van der Waals surface area contributed by atoms with Crippen LogP contribution in [-0.4, -0.2) is 6.29 Å². The molecule has 86 valence electrons. The zero-order chi connectivity index (χ0) is 11.4. The molecule has 0 amide bonds. The molecule has 0 rings (SSSR count). The second kappa shape index (κ2) is 11.2. The minimum Gasteiger partial charge on any atom is -0.299 e. The second-order valence-electron chi connectivity index (χ2n) is 3.65. The lowest BCUT2D eigenvalue weighted by molar-refractivity contribution is -0.104. The molecule has 2 heteroatoms. The predicted molar refractivity (Wildman–Crippen MR) is 62.4 cm³/mol. The van der Waals surface area contributed by atoms with Crippen molar-refractivity contribution in [3.05, 3.63) is 24.1 Å². The number of hydrogen-bond acceptors (Lipinski definition) is 1. The average Bonchev–Trinajstić information content (AvgIpc) is 2.23. The van der Waals surface area contributed by atoms with Crippen LogP contribution in [0.5, 0.6) is 0 Å². The highest BCUT2D eigenvalue weighted by Gasteiger charge is 1.94. The summed E-state index contributed by atoms with van der Waals surface area (Å²) in [5.74, 6) is -0.136. The minimum atomic E-state index is -0.136. The third-order valence-electron chi connectivity index (χ3n) is 2.24. The Hall–Kier alpha value is -0.920. The van der Waals surface area contributed by atoms with Gasteiger partial charge in [-0.3, -0.25) is 4.79 Å². The summed E-state index contributed by atoms with van der Waals surface area (Å²) in [7, 11) is 0. The van der Waals surface area contributed by atoms with E-state index in [0.717, 1.165) is 12.8 Å². The fourth-order valence-electron chi connectivity index (χ4n) is 1.36. The van der Waals surface area contributed by atoms with Gasteiger partial charge in [0.05, 0.1) is 5.83 Å². The SMILES string of the molecule is CCCCCCCC/C(F)=C\C=C\C=O. The molecule has 0 aliphatic rings. The van der Waals surface area contributed by atoms with Crippen molar-refractivity contribution in [1.29, 1.82) is 0 Å². The Kier molecular flexibility index (Phi) is 10.5. The Morgan fingerprint density at radius 1 is 1.07 bits per heavy atom. The van der Waals surface area contributed by atoms with E-state index < -0.39 is 0 Å². The maximum atomic E-state index is 13.0. The lowest BCUT2D eigenvalue weighted by atomic mass is 10.1. The molecule has 15 heavy (non-hydrogen) atoms. The molecule has 0 spiro atoms. The molecule has 0 bridgehead atoms. The van der Waals surface area contributed by atoms with Crippen LogP contribution in [0.3, 0.4) is 0 Å². The normalized spacial score (nSPS) is 12.3. The summed E-state index contributed by atoms with van der Waals surface area (Å²) in [6, 6.07) is 0. The van der Waals surface area contributed by atoms with E-state index in [1.54, 1.807) is 0 Å². The molecule has 1 nitrogen and oxygen atoms in total. The van der Waals surface area contributed by atoms with E-state index in [4.69, 9.17) is 0 Å². The number of hydrogen-bond donors (Lipinski definition) is 0. The lowest BCUT2D eigenvalue weighted by Crippen LogP contribution is -1.80. The van der Waals surface area contributed by atoms with Crippen molar-refractivity contribution in [3.63, 3.8) is 0 Å². The quantitative estimate of drug-likeness (QED) is 0.240. The topological polar surface area (TPSA) is 17.1 Å². The molecule has 0 saturated heterocycles. The summed E-state index contributed by atoms with van der Waals surface area (Å²) in [5.41, 5.74) is 0. The second-order valence-corrected chi connectivity index (χ2v) is 3.65. The van der Waals surface area contributed by atoms with Crippen LogP contribution in [-0.2, 0) is 4.79 Å². The van der Waals surface area contributed by atoms with E-state index in [0.29, 0.717) is 12.7 Å². The number of rotatable bonds is 9. The smallest absolute Gasteiger partial charge is 0.142 e. The highest BCUT2D eigenvalue weighted by molar-refractivity contribution is 5.65. The molecule has 0 aliphatic carbocycles. The number of aldehydes is 1. The molecule has 0 N–H and O–H groups in total. The van der Waals surface area contributed by atoms with Crippen molar-refractivity contribution in [2.24, 2.45) is 0 Å². The number of carbonyl (C=O) groups is 1. The largest absolute Gasteiger partial charge is 0.299 e. The van der Waals surface area contributed by atoms with E-state index in [1.807, 2.05) is 0 Å². The van der Waals surface area contributed by atoms with Crippen molar-refractivity contribution < 1.29 is 9.18 Å². The Bertz CT molecular complexity index is 207. The number of halogens is 1. The summed E-state index contributed by atoms with van der Waals surface area (Å²) in [6.07, 6.45) is 12.2. The minimum absolute atomic E-state index is 0.136. The van der Waals surface area contributed by atoms with Crippen molar-refractivity contribution in [1.82, 2.24) is 0 Å². The molecule has 0 aromatic rings. The molecular formula is C13H21FO. The third kappa shape index (κ3) is 11.0. The van der Waals surface area contributed by atoms with E-state index in [-0.39, 0.29) is 5.83 Å². The number of allylic oxidation sites excluding steroid dienone is 4. The van der Waals surface area contributed by atoms with Gasteiger partial charge in [-0.1, -0.05) is 45.1 Å². The first kappa shape index (κ1) is 14.1. The first-order valence-corrected chi connectivity index (χ1v) is 5.77. The van der Waals surface area contributed by atoms with Crippen molar-refractivity contribution in [3.8, 4) is 0 Å². The average molecular weight is 212 g/mol. The molecule has 0 aromatic carbocycles. The highest BCUT2D eigenvalue weighted by atomic mass is 19.1. The van der Waals surface area contributed by atoms with Gasteiger partial charge in [0, 0.05) is 0 Å². The fourth-order valence-corrected chi connectivity index (χ4v) is 1.36. The molecule has 0 atom stereocenters. The molecule has 0 aliphatic heterocycles. The first-order chi connectivity index (χ1) is 7.31. The molecular weight excluding hydrogens is 191 g/mol. The van der Waals surface area contributed by atoms with Gasteiger partial charge in [0.15, 0.2) is 0 Å². The van der Waals surface area contributed by atoms with Crippen LogP contribution in [0.1, 0.15) is 51.9 Å². The van der Waals surface area contributed by atoms with Gasteiger partial charge in [-0.15, -0.1) is 0 Å². The van der Waals surface area contributed by atoms with Gasteiger partial charge in [0.2, 0.25) is 0 Å². The Morgan fingerprint density at radius 2 is 1.73 bits per heavy atom. The van der Waals surface area contributed by atoms with Crippen LogP contribution in [0, 0.1) is 0 Å². The van der Waals surface area contributed by atoms with Crippen LogP contribution in [0.4, 0.5) is 4.39 Å². The van der Waals surface area contributed by atoms with Gasteiger partial charge >= 0.3 is 0 Å². The van der Waals surface area contributed by atoms with Crippen molar-refractivity contribution >= 4 is 6.29 Å². The van der Waals surface area contributed by atoms with E-state index in [2.05, 4.69) is 6.92 Å². The van der Waals surface area contributed by atoms with Gasteiger partial charge in [0.25, 0.3) is 0 Å². The maximum Gasteiger partial charge on any atom is 0.142 e. The van der Waals surface area contributed by atoms with Crippen LogP contribution >= 0.6 is 0 Å². The van der Waals surface area contributed by atoms with E-state index >= 15 is 0 Å².